The molecule has 0 heterocycles. The summed E-state index contributed by atoms with van der Waals surface area (Å²) in [4.78, 5) is 20.8. The van der Waals surface area contributed by atoms with E-state index in [0.717, 1.165) is 24.3 Å². The third-order valence-corrected chi connectivity index (χ3v) is 4.28. The van der Waals surface area contributed by atoms with Crippen molar-refractivity contribution in [2.24, 2.45) is 0 Å². The molecule has 0 unspecified atom stereocenters. The van der Waals surface area contributed by atoms with Gasteiger partial charge in [0, 0.05) is 16.6 Å². The van der Waals surface area contributed by atoms with Crippen LogP contribution in [0, 0.1) is 10.1 Å². The normalized spacial score (nSPS) is 12.4. The summed E-state index contributed by atoms with van der Waals surface area (Å²) in [6.07, 6.45) is -10.8. The number of carbonyl (C=O) groups excluding carboxylic acids is 1. The second-order valence-electron chi connectivity index (χ2n) is 5.82. The van der Waals surface area contributed by atoms with Crippen LogP contribution in [0.3, 0.4) is 0 Å². The fourth-order valence-electron chi connectivity index (χ4n) is 2.33. The molecule has 2 aromatic carbocycles. The third kappa shape index (κ3) is 6.66. The van der Waals surface area contributed by atoms with E-state index in [1.165, 1.54) is 5.32 Å². The Morgan fingerprint density at radius 3 is 1.81 bits per heavy atom. The lowest BCUT2D eigenvalue weighted by Crippen LogP contribution is -2.23. The number of urea groups is 1. The molecule has 0 radical (unpaired) electrons. The third-order valence-electron chi connectivity index (χ3n) is 3.54. The Hall–Kier alpha value is -3.17. The molecule has 0 spiro atoms. The highest BCUT2D eigenvalue weighted by molar-refractivity contribution is 8.00. The maximum Gasteiger partial charge on any atom is 0.446 e. The number of nitro benzene ring substituents is 1. The lowest BCUT2D eigenvalue weighted by atomic mass is 10.1. The largest absolute Gasteiger partial charge is 0.446 e. The molecule has 2 N–H and O–H groups in total. The SMILES string of the molecule is O=C(Nc1ccc(SC(F)(F)F)cc1)Nc1cc(C(F)(F)F)c([N+](=O)[O-])cc1C(F)(F)F. The Bertz CT molecular complexity index is 1020. The van der Waals surface area contributed by atoms with E-state index in [9.17, 15) is 54.4 Å². The number of nitrogens with one attached hydrogen (secondary N) is 2. The van der Waals surface area contributed by atoms with E-state index in [0.29, 0.717) is 0 Å². The number of nitro groups is 1. The van der Waals surface area contributed by atoms with Crippen molar-refractivity contribution >= 4 is 34.9 Å². The maximum absolute atomic E-state index is 13.2. The topological polar surface area (TPSA) is 84.3 Å². The molecule has 0 bridgehead atoms. The second-order valence-corrected chi connectivity index (χ2v) is 6.96. The Kier molecular flexibility index (Phi) is 6.87. The Balaban J connectivity index is 2.34. The molecule has 6 nitrogen and oxygen atoms in total. The second kappa shape index (κ2) is 8.76. The number of nitrogens with zero attached hydrogens (tertiary/aromatic N) is 1. The van der Waals surface area contributed by atoms with Crippen LogP contribution in [0.4, 0.5) is 61.4 Å². The van der Waals surface area contributed by atoms with Crippen LogP contribution >= 0.6 is 11.8 Å². The molecule has 2 amide bonds. The summed E-state index contributed by atoms with van der Waals surface area (Å²) in [5.74, 6) is 0. The fourth-order valence-corrected chi connectivity index (χ4v) is 2.87. The van der Waals surface area contributed by atoms with Gasteiger partial charge in [-0.3, -0.25) is 10.1 Å². The molecular weight excluding hydrogens is 485 g/mol. The first-order valence-corrected chi connectivity index (χ1v) is 8.69. The number of rotatable bonds is 4. The molecule has 0 saturated heterocycles. The standard InChI is InChI=1S/C16H8F9N3O3S/c17-14(18,19)9-6-12(28(30)31)10(15(20,21)22)5-11(9)27-13(29)26-7-1-3-8(4-2-7)32-16(23,24)25/h1-6H,(H2,26,27,29). The average Bonchev–Trinajstić information content (AvgIpc) is 2.60. The van der Waals surface area contributed by atoms with Crippen LogP contribution in [0.2, 0.25) is 0 Å². The maximum atomic E-state index is 13.2. The fraction of sp³-hybridized carbons (Fsp3) is 0.188. The zero-order valence-electron chi connectivity index (χ0n) is 14.9. The molecule has 174 valence electrons. The Labute approximate surface area is 175 Å². The van der Waals surface area contributed by atoms with Crippen LogP contribution in [0.25, 0.3) is 0 Å². The zero-order valence-corrected chi connectivity index (χ0v) is 15.8. The molecule has 0 atom stereocenters. The summed E-state index contributed by atoms with van der Waals surface area (Å²) in [6, 6.07) is 1.73. The molecule has 16 heteroatoms. The van der Waals surface area contributed by atoms with Gasteiger partial charge in [-0.1, -0.05) is 0 Å². The van der Waals surface area contributed by atoms with Gasteiger partial charge >= 0.3 is 23.9 Å². The van der Waals surface area contributed by atoms with Gasteiger partial charge in [-0.05, 0) is 42.1 Å². The van der Waals surface area contributed by atoms with Crippen molar-refractivity contribution in [3.63, 3.8) is 0 Å². The highest BCUT2D eigenvalue weighted by atomic mass is 32.2. The summed E-state index contributed by atoms with van der Waals surface area (Å²) in [7, 11) is 0. The Morgan fingerprint density at radius 1 is 0.844 bits per heavy atom. The minimum Gasteiger partial charge on any atom is -0.308 e. The van der Waals surface area contributed by atoms with Gasteiger partial charge in [-0.25, -0.2) is 4.79 Å². The van der Waals surface area contributed by atoms with E-state index >= 15 is 0 Å². The van der Waals surface area contributed by atoms with Crippen LogP contribution in [-0.4, -0.2) is 16.5 Å². The van der Waals surface area contributed by atoms with Crippen molar-refractivity contribution in [1.82, 2.24) is 0 Å². The number of halogens is 9. The van der Waals surface area contributed by atoms with E-state index < -0.39 is 63.1 Å². The van der Waals surface area contributed by atoms with Gasteiger partial charge in [0.2, 0.25) is 0 Å². The molecule has 0 fully saturated rings. The molecule has 0 aliphatic heterocycles. The molecule has 32 heavy (non-hydrogen) atoms. The minimum atomic E-state index is -5.41. The first-order chi connectivity index (χ1) is 14.5. The van der Waals surface area contributed by atoms with Crippen molar-refractivity contribution < 1.29 is 49.2 Å². The quantitative estimate of drug-likeness (QED) is 0.210. The minimum absolute atomic E-state index is 0.194. The number of hydrogen-bond donors (Lipinski definition) is 2. The van der Waals surface area contributed by atoms with Crippen LogP contribution in [0.5, 0.6) is 0 Å². The highest BCUT2D eigenvalue weighted by Gasteiger charge is 2.43. The van der Waals surface area contributed by atoms with Crippen molar-refractivity contribution in [1.29, 1.82) is 0 Å². The van der Waals surface area contributed by atoms with Gasteiger partial charge in [0.25, 0.3) is 5.69 Å². The first kappa shape index (κ1) is 25.1. The molecule has 2 rings (SSSR count). The smallest absolute Gasteiger partial charge is 0.308 e. The van der Waals surface area contributed by atoms with Crippen LogP contribution in [0.1, 0.15) is 11.1 Å². The predicted molar refractivity (Wildman–Crippen MR) is 94.1 cm³/mol. The molecule has 0 saturated carbocycles. The number of thioether (sulfide) groups is 1. The number of hydrogen-bond acceptors (Lipinski definition) is 4. The molecule has 0 aromatic heterocycles. The summed E-state index contributed by atoms with van der Waals surface area (Å²) >= 11 is -0.472. The van der Waals surface area contributed by atoms with Gasteiger partial charge in [0.1, 0.15) is 5.56 Å². The van der Waals surface area contributed by atoms with Crippen LogP contribution < -0.4 is 10.6 Å². The number of benzene rings is 2. The van der Waals surface area contributed by atoms with Crippen molar-refractivity contribution in [3.8, 4) is 0 Å². The highest BCUT2D eigenvalue weighted by Crippen LogP contribution is 2.44. The summed E-state index contributed by atoms with van der Waals surface area (Å²) in [5, 5.41) is 14.3. The van der Waals surface area contributed by atoms with Gasteiger partial charge in [-0.15, -0.1) is 0 Å². The lowest BCUT2D eigenvalue weighted by molar-refractivity contribution is -0.388. The van der Waals surface area contributed by atoms with Gasteiger partial charge < -0.3 is 10.6 Å². The number of anilines is 2. The van der Waals surface area contributed by atoms with Crippen molar-refractivity contribution in [2.75, 3.05) is 10.6 Å². The summed E-state index contributed by atoms with van der Waals surface area (Å²) < 4.78 is 116. The number of carbonyl (C=O) groups is 1. The molecule has 0 aliphatic carbocycles. The lowest BCUT2D eigenvalue weighted by Gasteiger charge is -2.17. The monoisotopic (exact) mass is 493 g/mol. The average molecular weight is 493 g/mol. The number of amides is 2. The molecule has 0 aliphatic rings. The van der Waals surface area contributed by atoms with Gasteiger partial charge in [0.15, 0.2) is 0 Å². The summed E-state index contributed by atoms with van der Waals surface area (Å²) in [6.45, 7) is 0. The zero-order chi connectivity index (χ0) is 24.5. The van der Waals surface area contributed by atoms with Gasteiger partial charge in [0.05, 0.1) is 16.2 Å². The van der Waals surface area contributed by atoms with E-state index in [-0.39, 0.29) is 22.7 Å². The Morgan fingerprint density at radius 2 is 1.38 bits per heavy atom. The van der Waals surface area contributed by atoms with E-state index in [1.807, 2.05) is 5.32 Å². The first-order valence-electron chi connectivity index (χ1n) is 7.88. The predicted octanol–water partition coefficient (Wildman–Crippen LogP) is 6.89. The van der Waals surface area contributed by atoms with Crippen molar-refractivity contribution in [2.45, 2.75) is 22.8 Å². The van der Waals surface area contributed by atoms with E-state index in [1.54, 1.807) is 0 Å². The van der Waals surface area contributed by atoms with E-state index in [4.69, 9.17) is 0 Å². The van der Waals surface area contributed by atoms with Crippen molar-refractivity contribution in [3.05, 3.63) is 57.6 Å². The van der Waals surface area contributed by atoms with Crippen LogP contribution in [0.15, 0.2) is 41.3 Å². The summed E-state index contributed by atoms with van der Waals surface area (Å²) in [5.41, 5.74) is -12.0. The number of alkyl halides is 9. The molecule has 2 aromatic rings. The van der Waals surface area contributed by atoms with Gasteiger partial charge in [-0.2, -0.15) is 39.5 Å². The molecular formula is C16H8F9N3O3S. The van der Waals surface area contributed by atoms with E-state index in [2.05, 4.69) is 0 Å². The van der Waals surface area contributed by atoms with Crippen LogP contribution in [-0.2, 0) is 12.4 Å².